The van der Waals surface area contributed by atoms with Gasteiger partial charge in [0.05, 0.1) is 12.8 Å². The number of anilines is 1. The summed E-state index contributed by atoms with van der Waals surface area (Å²) in [6, 6.07) is 16.0. The van der Waals surface area contributed by atoms with Crippen LogP contribution in [0.3, 0.4) is 0 Å². The number of pyridine rings is 2. The molecule has 1 N–H and O–H groups in total. The molecular formula is C22H22N6O. The van der Waals surface area contributed by atoms with E-state index in [-0.39, 0.29) is 0 Å². The zero-order valence-electron chi connectivity index (χ0n) is 16.2. The maximum Gasteiger partial charge on any atom is 0.167 e. The summed E-state index contributed by atoms with van der Waals surface area (Å²) in [5.74, 6) is 2.65. The molecule has 1 saturated heterocycles. The minimum Gasteiger partial charge on any atom is -0.497 e. The Kier molecular flexibility index (Phi) is 4.57. The van der Waals surface area contributed by atoms with Gasteiger partial charge in [-0.05, 0) is 48.5 Å². The van der Waals surface area contributed by atoms with Crippen molar-refractivity contribution in [3.8, 4) is 22.8 Å². The van der Waals surface area contributed by atoms with Crippen LogP contribution >= 0.6 is 0 Å². The summed E-state index contributed by atoms with van der Waals surface area (Å²) >= 11 is 0. The van der Waals surface area contributed by atoms with Crippen LogP contribution in [-0.2, 0) is 0 Å². The number of fused-ring (bicyclic) bond motifs is 1. The number of benzene rings is 1. The summed E-state index contributed by atoms with van der Waals surface area (Å²) in [7, 11) is 1.67. The minimum atomic E-state index is 0.819. The predicted octanol–water partition coefficient (Wildman–Crippen LogP) is 2.90. The van der Waals surface area contributed by atoms with Crippen LogP contribution in [0.1, 0.15) is 0 Å². The van der Waals surface area contributed by atoms with Crippen LogP contribution in [0, 0.1) is 0 Å². The van der Waals surface area contributed by atoms with Gasteiger partial charge in [0, 0.05) is 44.1 Å². The lowest BCUT2D eigenvalue weighted by molar-refractivity contribution is 0.415. The smallest absolute Gasteiger partial charge is 0.167 e. The number of rotatable bonds is 4. The van der Waals surface area contributed by atoms with Crippen molar-refractivity contribution < 1.29 is 4.74 Å². The van der Waals surface area contributed by atoms with E-state index in [4.69, 9.17) is 14.7 Å². The Balaban J connectivity index is 1.69. The lowest BCUT2D eigenvalue weighted by atomic mass is 10.2. The molecule has 1 aromatic carbocycles. The highest BCUT2D eigenvalue weighted by Gasteiger charge is 2.18. The first-order chi connectivity index (χ1) is 14.3. The van der Waals surface area contributed by atoms with Crippen molar-refractivity contribution in [2.24, 2.45) is 0 Å². The fraction of sp³-hybridized carbons (Fsp3) is 0.227. The summed E-state index contributed by atoms with van der Waals surface area (Å²) < 4.78 is 7.41. The number of piperazine rings is 1. The number of ether oxygens (including phenoxy) is 1. The Morgan fingerprint density at radius 3 is 2.38 bits per heavy atom. The highest BCUT2D eigenvalue weighted by molar-refractivity contribution is 5.81. The Hall–Kier alpha value is -3.45. The number of hydrogen-bond acceptors (Lipinski definition) is 6. The van der Waals surface area contributed by atoms with Gasteiger partial charge in [0.15, 0.2) is 5.65 Å². The second kappa shape index (κ2) is 7.52. The van der Waals surface area contributed by atoms with Crippen LogP contribution in [0.5, 0.6) is 5.75 Å². The molecule has 1 aliphatic heterocycles. The zero-order valence-corrected chi connectivity index (χ0v) is 16.2. The number of nitrogens with one attached hydrogen (secondary N) is 1. The van der Waals surface area contributed by atoms with Gasteiger partial charge in [-0.25, -0.2) is 9.97 Å². The first-order valence-electron chi connectivity index (χ1n) is 9.73. The predicted molar refractivity (Wildman–Crippen MR) is 114 cm³/mol. The van der Waals surface area contributed by atoms with Gasteiger partial charge in [-0.3, -0.25) is 9.55 Å². The van der Waals surface area contributed by atoms with Gasteiger partial charge >= 0.3 is 0 Å². The third-order valence-electron chi connectivity index (χ3n) is 5.20. The summed E-state index contributed by atoms with van der Waals surface area (Å²) in [4.78, 5) is 16.4. The minimum absolute atomic E-state index is 0.819. The molecule has 7 heteroatoms. The van der Waals surface area contributed by atoms with Crippen molar-refractivity contribution in [1.29, 1.82) is 0 Å². The molecule has 0 atom stereocenters. The molecule has 29 heavy (non-hydrogen) atoms. The van der Waals surface area contributed by atoms with Crippen molar-refractivity contribution >= 4 is 17.0 Å². The van der Waals surface area contributed by atoms with E-state index in [0.29, 0.717) is 0 Å². The molecule has 5 rings (SSSR count). The molecule has 0 unspecified atom stereocenters. The third-order valence-corrected chi connectivity index (χ3v) is 5.20. The fourth-order valence-electron chi connectivity index (χ4n) is 3.69. The van der Waals surface area contributed by atoms with E-state index in [0.717, 1.165) is 66.0 Å². The number of nitrogens with zero attached hydrogens (tertiary/aromatic N) is 5. The number of imidazole rings is 1. The molecule has 0 radical (unpaired) electrons. The first-order valence-corrected chi connectivity index (χ1v) is 9.73. The number of hydrogen-bond donors (Lipinski definition) is 1. The van der Waals surface area contributed by atoms with Crippen molar-refractivity contribution in [3.63, 3.8) is 0 Å². The average Bonchev–Trinajstić information content (AvgIpc) is 3.19. The van der Waals surface area contributed by atoms with Gasteiger partial charge in [-0.15, -0.1) is 0 Å². The van der Waals surface area contributed by atoms with Crippen LogP contribution in [0.2, 0.25) is 0 Å². The van der Waals surface area contributed by atoms with Crippen LogP contribution in [-0.4, -0.2) is 52.8 Å². The SMILES string of the molecule is COc1ccc(-c2nc3ccc(N4CCNCC4)nc3n2-c2ccncc2)cc1. The van der Waals surface area contributed by atoms with Gasteiger partial charge in [0.25, 0.3) is 0 Å². The van der Waals surface area contributed by atoms with Gasteiger partial charge in [-0.1, -0.05) is 0 Å². The first kappa shape index (κ1) is 17.6. The second-order valence-corrected chi connectivity index (χ2v) is 6.95. The van der Waals surface area contributed by atoms with Gasteiger partial charge in [0.2, 0.25) is 0 Å². The van der Waals surface area contributed by atoms with E-state index in [1.54, 1.807) is 19.5 Å². The summed E-state index contributed by atoms with van der Waals surface area (Å²) in [6.07, 6.45) is 3.58. The van der Waals surface area contributed by atoms with Crippen LogP contribution in [0.4, 0.5) is 5.82 Å². The topological polar surface area (TPSA) is 68.1 Å². The Labute approximate surface area is 169 Å². The summed E-state index contributed by atoms with van der Waals surface area (Å²) in [5.41, 5.74) is 3.70. The van der Waals surface area contributed by atoms with Crippen molar-refractivity contribution in [3.05, 3.63) is 60.9 Å². The Bertz CT molecular complexity index is 1120. The normalized spacial score (nSPS) is 14.3. The van der Waals surface area contributed by atoms with Crippen LogP contribution in [0.25, 0.3) is 28.2 Å². The molecule has 0 bridgehead atoms. The Morgan fingerprint density at radius 1 is 0.897 bits per heavy atom. The molecule has 0 saturated carbocycles. The van der Waals surface area contributed by atoms with Crippen LogP contribution < -0.4 is 15.0 Å². The lowest BCUT2D eigenvalue weighted by Crippen LogP contribution is -2.43. The van der Waals surface area contributed by atoms with Crippen molar-refractivity contribution in [1.82, 2.24) is 24.8 Å². The molecule has 146 valence electrons. The van der Waals surface area contributed by atoms with E-state index in [9.17, 15) is 0 Å². The third kappa shape index (κ3) is 3.30. The fourth-order valence-corrected chi connectivity index (χ4v) is 3.69. The molecule has 0 amide bonds. The molecule has 3 aromatic heterocycles. The van der Waals surface area contributed by atoms with E-state index in [1.807, 2.05) is 36.4 Å². The van der Waals surface area contributed by atoms with E-state index in [2.05, 4.69) is 31.9 Å². The highest BCUT2D eigenvalue weighted by atomic mass is 16.5. The maximum atomic E-state index is 5.30. The molecular weight excluding hydrogens is 364 g/mol. The van der Waals surface area contributed by atoms with E-state index in [1.165, 1.54) is 0 Å². The van der Waals surface area contributed by atoms with Crippen LogP contribution in [0.15, 0.2) is 60.9 Å². The average molecular weight is 386 g/mol. The molecule has 0 spiro atoms. The number of methoxy groups -OCH3 is 1. The van der Waals surface area contributed by atoms with Gasteiger partial charge in [-0.2, -0.15) is 0 Å². The molecule has 1 aliphatic rings. The monoisotopic (exact) mass is 386 g/mol. The summed E-state index contributed by atoms with van der Waals surface area (Å²) in [6.45, 7) is 3.85. The van der Waals surface area contributed by atoms with E-state index < -0.39 is 0 Å². The largest absolute Gasteiger partial charge is 0.497 e. The van der Waals surface area contributed by atoms with E-state index >= 15 is 0 Å². The second-order valence-electron chi connectivity index (χ2n) is 6.95. The maximum absolute atomic E-state index is 5.30. The molecule has 4 heterocycles. The summed E-state index contributed by atoms with van der Waals surface area (Å²) in [5, 5.41) is 3.39. The van der Waals surface area contributed by atoms with Crippen molar-refractivity contribution in [2.45, 2.75) is 0 Å². The molecule has 7 nitrogen and oxygen atoms in total. The number of aromatic nitrogens is 4. The Morgan fingerprint density at radius 2 is 1.66 bits per heavy atom. The zero-order chi connectivity index (χ0) is 19.6. The standard InChI is InChI=1S/C22H22N6O/c1-29-18-4-2-16(3-5-18)21-25-19-6-7-20(27-14-12-24-13-15-27)26-22(19)28(21)17-8-10-23-11-9-17/h2-11,24H,12-15H2,1H3. The lowest BCUT2D eigenvalue weighted by Gasteiger charge is -2.28. The molecule has 4 aromatic rings. The van der Waals surface area contributed by atoms with Crippen molar-refractivity contribution in [2.75, 3.05) is 38.2 Å². The molecule has 1 fully saturated rings. The quantitative estimate of drug-likeness (QED) is 0.582. The van der Waals surface area contributed by atoms with Gasteiger partial charge < -0.3 is 15.0 Å². The highest BCUT2D eigenvalue weighted by Crippen LogP contribution is 2.30. The van der Waals surface area contributed by atoms with Gasteiger partial charge in [0.1, 0.15) is 22.9 Å². The molecule has 0 aliphatic carbocycles.